The minimum absolute atomic E-state index is 0.0893. The lowest BCUT2D eigenvalue weighted by Gasteiger charge is -2.43. The smallest absolute Gasteiger partial charge is 0.328 e. The van der Waals surface area contributed by atoms with Crippen LogP contribution >= 0.6 is 17.2 Å². The first-order valence-corrected chi connectivity index (χ1v) is 5.23. The summed E-state index contributed by atoms with van der Waals surface area (Å²) < 4.78 is 15.7. The lowest BCUT2D eigenvalue weighted by atomic mass is 9.97. The molecule has 1 aliphatic heterocycles. The van der Waals surface area contributed by atoms with Crippen LogP contribution in [0.1, 0.15) is 0 Å². The third-order valence-corrected chi connectivity index (χ3v) is 2.90. The Balaban J connectivity index is 2.72. The molecule has 0 aliphatic carbocycles. The Labute approximate surface area is 82.7 Å². The number of hydrogen-bond acceptors (Lipinski definition) is 6. The van der Waals surface area contributed by atoms with Gasteiger partial charge in [-0.1, -0.05) is 0 Å². The van der Waals surface area contributed by atoms with Crippen LogP contribution in [-0.4, -0.2) is 45.6 Å². The number of nitrogens with one attached hydrogen (secondary N) is 1. The molecule has 1 rings (SSSR count). The standard InChI is InChI=1S/C5H8N2O5P2/c6-13-7-3(2(9)1-8)4(5(7)10)12-14-11/h2-4,6,8-9H,1H2/t2?,3-,4+/m0/s1. The van der Waals surface area contributed by atoms with Crippen molar-refractivity contribution in [2.75, 3.05) is 6.61 Å². The number of aliphatic hydroxyl groups excluding tert-OH is 2. The van der Waals surface area contributed by atoms with E-state index in [1.807, 2.05) is 0 Å². The number of amides is 1. The number of nitrogens with zero attached hydrogens (tertiary/aromatic N) is 1. The molecule has 7 nitrogen and oxygen atoms in total. The number of carbonyl (C=O) groups is 1. The molecular weight excluding hydrogens is 230 g/mol. The van der Waals surface area contributed by atoms with Crippen LogP contribution in [0.4, 0.5) is 0 Å². The summed E-state index contributed by atoms with van der Waals surface area (Å²) in [7, 11) is -0.750. The quantitative estimate of drug-likeness (QED) is 0.452. The molecule has 78 valence electrons. The van der Waals surface area contributed by atoms with Crippen molar-refractivity contribution in [1.82, 2.24) is 4.67 Å². The van der Waals surface area contributed by atoms with Gasteiger partial charge in [0.1, 0.15) is 20.7 Å². The van der Waals surface area contributed by atoms with Crippen LogP contribution in [0.15, 0.2) is 0 Å². The highest BCUT2D eigenvalue weighted by molar-refractivity contribution is 7.23. The number of carbonyl (C=O) groups excluding carboxylic acids is 1. The van der Waals surface area contributed by atoms with Crippen molar-refractivity contribution < 1.29 is 24.1 Å². The third-order valence-electron chi connectivity index (χ3n) is 1.91. The highest BCUT2D eigenvalue weighted by atomic mass is 31.1. The van der Waals surface area contributed by atoms with E-state index in [4.69, 9.17) is 10.3 Å². The van der Waals surface area contributed by atoms with E-state index in [0.717, 1.165) is 4.67 Å². The van der Waals surface area contributed by atoms with Gasteiger partial charge in [0.2, 0.25) is 0 Å². The molecule has 1 amide bonds. The monoisotopic (exact) mass is 238 g/mol. The zero-order chi connectivity index (χ0) is 10.7. The molecule has 3 atom stereocenters. The normalized spacial score (nSPS) is 29.3. The van der Waals surface area contributed by atoms with Gasteiger partial charge < -0.3 is 10.2 Å². The Morgan fingerprint density at radius 3 is 2.79 bits per heavy atom. The fourth-order valence-electron chi connectivity index (χ4n) is 1.21. The molecule has 0 aromatic heterocycles. The average Bonchev–Trinajstić information content (AvgIpc) is 2.21. The zero-order valence-corrected chi connectivity index (χ0v) is 8.69. The van der Waals surface area contributed by atoms with Crippen LogP contribution in [0.25, 0.3) is 0 Å². The minimum atomic E-state index is -1.18. The Morgan fingerprint density at radius 2 is 2.36 bits per heavy atom. The zero-order valence-electron chi connectivity index (χ0n) is 6.90. The largest absolute Gasteiger partial charge is 0.394 e. The molecule has 3 N–H and O–H groups in total. The highest BCUT2D eigenvalue weighted by Crippen LogP contribution is 2.33. The van der Waals surface area contributed by atoms with E-state index < -0.39 is 39.5 Å². The molecule has 0 radical (unpaired) electrons. The topological polar surface area (TPSA) is 111 Å². The predicted molar refractivity (Wildman–Crippen MR) is 45.8 cm³/mol. The molecule has 0 spiro atoms. The molecule has 9 heteroatoms. The van der Waals surface area contributed by atoms with Gasteiger partial charge in [0.25, 0.3) is 5.91 Å². The van der Waals surface area contributed by atoms with Crippen molar-refractivity contribution in [3.8, 4) is 0 Å². The number of β-lactam (4-membered cyclic amide) rings is 1. The van der Waals surface area contributed by atoms with Crippen LogP contribution in [0, 0.1) is 5.16 Å². The number of hydrogen-bond donors (Lipinski definition) is 3. The van der Waals surface area contributed by atoms with Crippen LogP contribution in [0.5, 0.6) is 0 Å². The average molecular weight is 238 g/mol. The van der Waals surface area contributed by atoms with Gasteiger partial charge in [-0.25, -0.2) is 4.57 Å². The first-order chi connectivity index (χ1) is 6.67. The summed E-state index contributed by atoms with van der Waals surface area (Å²) in [5.74, 6) is -0.512. The van der Waals surface area contributed by atoms with E-state index in [-0.39, 0.29) is 8.52 Å². The maximum Gasteiger partial charge on any atom is 0.328 e. The van der Waals surface area contributed by atoms with Gasteiger partial charge in [0.05, 0.1) is 6.61 Å². The summed E-state index contributed by atoms with van der Waals surface area (Å²) >= 11 is 0. The van der Waals surface area contributed by atoms with Gasteiger partial charge >= 0.3 is 8.69 Å². The maximum absolute atomic E-state index is 11.2. The molecule has 1 aliphatic rings. The van der Waals surface area contributed by atoms with Crippen molar-refractivity contribution in [2.45, 2.75) is 18.2 Å². The second kappa shape index (κ2) is 4.87. The number of rotatable bonds is 5. The maximum atomic E-state index is 11.2. The lowest BCUT2D eigenvalue weighted by Crippen LogP contribution is -2.66. The predicted octanol–water partition coefficient (Wildman–Crippen LogP) is -0.234. The SMILES string of the molecule is N=PN1C(=O)[C@H](OP=O)[C@@H]1C(O)CO. The molecule has 14 heavy (non-hydrogen) atoms. The van der Waals surface area contributed by atoms with Crippen molar-refractivity contribution in [1.29, 1.82) is 5.16 Å². The summed E-state index contributed by atoms with van der Waals surface area (Å²) in [6.45, 7) is -0.542. The molecule has 1 saturated heterocycles. The Kier molecular flexibility index (Phi) is 4.04. The molecular formula is C5H8N2O5P2. The van der Waals surface area contributed by atoms with Gasteiger partial charge in [0, 0.05) is 0 Å². The van der Waals surface area contributed by atoms with Crippen LogP contribution in [0.2, 0.25) is 0 Å². The van der Waals surface area contributed by atoms with E-state index >= 15 is 0 Å². The fraction of sp³-hybridized carbons (Fsp3) is 0.800. The van der Waals surface area contributed by atoms with E-state index in [1.54, 1.807) is 0 Å². The first kappa shape index (κ1) is 11.6. The minimum Gasteiger partial charge on any atom is -0.394 e. The summed E-state index contributed by atoms with van der Waals surface area (Å²) in [4.78, 5) is 11.2. The summed E-state index contributed by atoms with van der Waals surface area (Å²) in [6, 6.07) is -0.798. The van der Waals surface area contributed by atoms with Gasteiger partial charge in [-0.3, -0.25) is 19.2 Å². The molecule has 0 saturated carbocycles. The van der Waals surface area contributed by atoms with Gasteiger partial charge in [-0.2, -0.15) is 0 Å². The molecule has 0 aromatic rings. The van der Waals surface area contributed by atoms with Gasteiger partial charge in [-0.15, -0.1) is 0 Å². The molecule has 0 bridgehead atoms. The van der Waals surface area contributed by atoms with E-state index in [9.17, 15) is 14.5 Å². The summed E-state index contributed by atoms with van der Waals surface area (Å²) in [6.07, 6.45) is -2.22. The van der Waals surface area contributed by atoms with Gasteiger partial charge in [0.15, 0.2) is 6.10 Å². The van der Waals surface area contributed by atoms with Gasteiger partial charge in [-0.05, 0) is 0 Å². The Hall–Kier alpha value is -0.450. The van der Waals surface area contributed by atoms with E-state index in [2.05, 4.69) is 4.52 Å². The number of aliphatic hydroxyl groups is 2. The van der Waals surface area contributed by atoms with E-state index in [1.165, 1.54) is 0 Å². The molecule has 1 heterocycles. The van der Waals surface area contributed by atoms with Crippen LogP contribution in [0.3, 0.4) is 0 Å². The Morgan fingerprint density at radius 1 is 1.71 bits per heavy atom. The lowest BCUT2D eigenvalue weighted by molar-refractivity contribution is -0.160. The second-order valence-corrected chi connectivity index (χ2v) is 3.61. The molecule has 1 fully saturated rings. The van der Waals surface area contributed by atoms with Crippen molar-refractivity contribution in [2.24, 2.45) is 0 Å². The van der Waals surface area contributed by atoms with Crippen molar-refractivity contribution >= 4 is 23.1 Å². The van der Waals surface area contributed by atoms with E-state index in [0.29, 0.717) is 0 Å². The second-order valence-electron chi connectivity index (χ2n) is 2.62. The fourth-order valence-corrected chi connectivity index (χ4v) is 2.14. The molecule has 1 unspecified atom stereocenters. The summed E-state index contributed by atoms with van der Waals surface area (Å²) in [5.41, 5.74) is 0. The Bertz CT molecular complexity index is 263. The van der Waals surface area contributed by atoms with Crippen LogP contribution < -0.4 is 0 Å². The highest BCUT2D eigenvalue weighted by Gasteiger charge is 2.52. The van der Waals surface area contributed by atoms with Crippen molar-refractivity contribution in [3.05, 3.63) is 0 Å². The van der Waals surface area contributed by atoms with Crippen LogP contribution in [-0.2, 0) is 13.9 Å². The summed E-state index contributed by atoms with van der Waals surface area (Å²) in [5, 5.41) is 24.9. The molecule has 0 aromatic carbocycles. The first-order valence-electron chi connectivity index (χ1n) is 3.65. The third kappa shape index (κ3) is 1.82. The van der Waals surface area contributed by atoms with Crippen molar-refractivity contribution in [3.63, 3.8) is 0 Å².